The highest BCUT2D eigenvalue weighted by molar-refractivity contribution is 5.93. The number of guanidine groups is 2. The lowest BCUT2D eigenvalue weighted by Gasteiger charge is -2.10. The van der Waals surface area contributed by atoms with Crippen molar-refractivity contribution in [2.75, 3.05) is 6.61 Å². The predicted octanol–water partition coefficient (Wildman–Crippen LogP) is 1.16. The van der Waals surface area contributed by atoms with Gasteiger partial charge in [-0.05, 0) is 30.7 Å². The van der Waals surface area contributed by atoms with E-state index in [1.54, 1.807) is 6.92 Å². The van der Waals surface area contributed by atoms with Crippen LogP contribution >= 0.6 is 0 Å². The van der Waals surface area contributed by atoms with Crippen molar-refractivity contribution >= 4 is 17.6 Å². The summed E-state index contributed by atoms with van der Waals surface area (Å²) >= 11 is 0. The number of aryl methyl sites for hydroxylation is 1. The van der Waals surface area contributed by atoms with Crippen molar-refractivity contribution in [1.82, 2.24) is 0 Å². The van der Waals surface area contributed by atoms with Crippen molar-refractivity contribution < 1.29 is 17.9 Å². The molecule has 6 N–H and O–H groups in total. The molecule has 1 aromatic carbocycles. The van der Waals surface area contributed by atoms with Crippen LogP contribution in [0.5, 0.6) is 5.75 Å². The number of benzene rings is 1. The summed E-state index contributed by atoms with van der Waals surface area (Å²) < 4.78 is 40.6. The summed E-state index contributed by atoms with van der Waals surface area (Å²) in [6.45, 7) is 0.285. The van der Waals surface area contributed by atoms with Crippen LogP contribution in [0, 0.1) is 6.92 Å². The van der Waals surface area contributed by atoms with Gasteiger partial charge < -0.3 is 21.9 Å². The second kappa shape index (κ2) is 6.13. The van der Waals surface area contributed by atoms with Crippen molar-refractivity contribution in [3.05, 3.63) is 23.8 Å². The van der Waals surface area contributed by atoms with Crippen LogP contribution in [0.25, 0.3) is 0 Å². The molecule has 0 atom stereocenters. The predicted molar refractivity (Wildman–Crippen MR) is 69.8 cm³/mol. The quantitative estimate of drug-likeness (QED) is 0.572. The van der Waals surface area contributed by atoms with E-state index in [0.717, 1.165) is 0 Å². The number of aliphatic imine (C=N–C) groups is 2. The maximum absolute atomic E-state index is 12.0. The summed E-state index contributed by atoms with van der Waals surface area (Å²) in [7, 11) is 0. The third kappa shape index (κ3) is 5.46. The third-order valence-corrected chi connectivity index (χ3v) is 2.05. The zero-order valence-electron chi connectivity index (χ0n) is 10.6. The molecule has 0 aromatic heterocycles. The maximum atomic E-state index is 12.0. The lowest BCUT2D eigenvalue weighted by atomic mass is 10.2. The fourth-order valence-electron chi connectivity index (χ4n) is 1.29. The lowest BCUT2D eigenvalue weighted by Crippen LogP contribution is -2.26. The number of halogens is 3. The Hall–Kier alpha value is -2.45. The lowest BCUT2D eigenvalue weighted by molar-refractivity contribution is -0.153. The van der Waals surface area contributed by atoms with Crippen LogP contribution in [0.4, 0.5) is 18.9 Å². The second-order valence-corrected chi connectivity index (χ2v) is 3.86. The van der Waals surface area contributed by atoms with Gasteiger partial charge >= 0.3 is 6.18 Å². The molecule has 6 nitrogen and oxygen atoms in total. The van der Waals surface area contributed by atoms with Gasteiger partial charge in [-0.3, -0.25) is 0 Å². The average molecular weight is 289 g/mol. The van der Waals surface area contributed by atoms with Gasteiger partial charge in [-0.1, -0.05) is 0 Å². The van der Waals surface area contributed by atoms with E-state index < -0.39 is 12.8 Å². The van der Waals surface area contributed by atoms with Crippen molar-refractivity contribution in [1.29, 1.82) is 0 Å². The van der Waals surface area contributed by atoms with Gasteiger partial charge in [0.2, 0.25) is 5.96 Å². The summed E-state index contributed by atoms with van der Waals surface area (Å²) in [6, 6.07) is 4.21. The Labute approximate surface area is 113 Å². The van der Waals surface area contributed by atoms with E-state index in [-0.39, 0.29) is 17.7 Å². The Morgan fingerprint density at radius 1 is 1.25 bits per heavy atom. The van der Waals surface area contributed by atoms with Crippen LogP contribution in [0.3, 0.4) is 0 Å². The molecule has 9 heteroatoms. The van der Waals surface area contributed by atoms with E-state index >= 15 is 0 Å². The fraction of sp³-hybridized carbons (Fsp3) is 0.273. The van der Waals surface area contributed by atoms with Crippen LogP contribution in [0.15, 0.2) is 28.2 Å². The Morgan fingerprint density at radius 3 is 2.40 bits per heavy atom. The van der Waals surface area contributed by atoms with Gasteiger partial charge in [0.1, 0.15) is 5.75 Å². The molecule has 0 saturated heterocycles. The molecule has 110 valence electrons. The Kier molecular flexibility index (Phi) is 4.78. The van der Waals surface area contributed by atoms with Gasteiger partial charge in [0.05, 0.1) is 5.69 Å². The van der Waals surface area contributed by atoms with Gasteiger partial charge in [0, 0.05) is 0 Å². The first-order chi connectivity index (χ1) is 9.17. The summed E-state index contributed by atoms with van der Waals surface area (Å²) in [5, 5.41) is 0. The van der Waals surface area contributed by atoms with Crippen LogP contribution < -0.4 is 21.9 Å². The highest BCUT2D eigenvalue weighted by atomic mass is 19.4. The summed E-state index contributed by atoms with van der Waals surface area (Å²) in [4.78, 5) is 7.44. The highest BCUT2D eigenvalue weighted by Gasteiger charge is 2.28. The molecule has 0 unspecified atom stereocenters. The smallest absolute Gasteiger partial charge is 0.422 e. The van der Waals surface area contributed by atoms with Gasteiger partial charge in [-0.2, -0.15) is 18.2 Å². The first-order valence-electron chi connectivity index (χ1n) is 5.41. The molecule has 20 heavy (non-hydrogen) atoms. The van der Waals surface area contributed by atoms with E-state index in [2.05, 4.69) is 14.7 Å². The Morgan fingerprint density at radius 2 is 1.90 bits per heavy atom. The van der Waals surface area contributed by atoms with Crippen LogP contribution in [0.1, 0.15) is 5.56 Å². The number of alkyl halides is 3. The topological polar surface area (TPSA) is 112 Å². The van der Waals surface area contributed by atoms with Crippen LogP contribution in [0.2, 0.25) is 0 Å². The first kappa shape index (κ1) is 15.6. The zero-order chi connectivity index (χ0) is 15.3. The normalized spacial score (nSPS) is 12.1. The minimum absolute atomic E-state index is 0.0826. The van der Waals surface area contributed by atoms with Gasteiger partial charge in [-0.25, -0.2) is 4.99 Å². The monoisotopic (exact) mass is 289 g/mol. The SMILES string of the molecule is Cc1cc(OCC(F)(F)F)ccc1N=C(N)N=C(N)N. The molecule has 1 aromatic rings. The van der Waals surface area contributed by atoms with Gasteiger partial charge in [0.25, 0.3) is 0 Å². The first-order valence-corrected chi connectivity index (χ1v) is 5.41. The molecule has 0 bridgehead atoms. The Bertz CT molecular complexity index is 535. The van der Waals surface area contributed by atoms with E-state index in [4.69, 9.17) is 17.2 Å². The van der Waals surface area contributed by atoms with E-state index in [9.17, 15) is 13.2 Å². The molecule has 0 saturated carbocycles. The average Bonchev–Trinajstić information content (AvgIpc) is 2.27. The maximum Gasteiger partial charge on any atom is 0.422 e. The molecule has 0 fully saturated rings. The van der Waals surface area contributed by atoms with E-state index in [1.807, 2.05) is 0 Å². The Balaban J connectivity index is 2.86. The van der Waals surface area contributed by atoms with Gasteiger partial charge in [0.15, 0.2) is 12.6 Å². The molecule has 1 rings (SSSR count). The fourth-order valence-corrected chi connectivity index (χ4v) is 1.29. The minimum atomic E-state index is -4.39. The summed E-state index contributed by atoms with van der Waals surface area (Å²) in [5.74, 6) is -0.315. The van der Waals surface area contributed by atoms with Crippen molar-refractivity contribution in [3.8, 4) is 5.75 Å². The van der Waals surface area contributed by atoms with Crippen LogP contribution in [-0.4, -0.2) is 24.7 Å². The number of nitrogens with two attached hydrogens (primary N) is 3. The molecule has 0 aliphatic carbocycles. The molecular formula is C11H14F3N5O. The standard InChI is InChI=1S/C11H14F3N5O/c1-6-4-7(20-5-11(12,13)14)2-3-8(6)18-10(17)19-9(15)16/h2-4H,5H2,1H3,(H6,15,16,17,18,19). The van der Waals surface area contributed by atoms with Crippen molar-refractivity contribution in [3.63, 3.8) is 0 Å². The van der Waals surface area contributed by atoms with Gasteiger partial charge in [-0.15, -0.1) is 0 Å². The van der Waals surface area contributed by atoms with E-state index in [1.165, 1.54) is 18.2 Å². The minimum Gasteiger partial charge on any atom is -0.484 e. The van der Waals surface area contributed by atoms with Crippen molar-refractivity contribution in [2.45, 2.75) is 13.1 Å². The summed E-state index contributed by atoms with van der Waals surface area (Å²) in [5.41, 5.74) is 16.7. The molecule has 0 spiro atoms. The van der Waals surface area contributed by atoms with E-state index in [0.29, 0.717) is 11.3 Å². The number of rotatable bonds is 3. The zero-order valence-corrected chi connectivity index (χ0v) is 10.6. The number of hydrogen-bond donors (Lipinski definition) is 3. The molecule has 0 heterocycles. The van der Waals surface area contributed by atoms with Crippen molar-refractivity contribution in [2.24, 2.45) is 27.2 Å². The largest absolute Gasteiger partial charge is 0.484 e. The molecule has 0 radical (unpaired) electrons. The molecule has 0 amide bonds. The molecular weight excluding hydrogens is 275 g/mol. The number of hydrogen-bond acceptors (Lipinski definition) is 2. The molecule has 0 aliphatic heterocycles. The number of nitrogens with zero attached hydrogens (tertiary/aromatic N) is 2. The second-order valence-electron chi connectivity index (χ2n) is 3.86. The van der Waals surface area contributed by atoms with Crippen LogP contribution in [-0.2, 0) is 0 Å². The summed E-state index contributed by atoms with van der Waals surface area (Å²) in [6.07, 6.45) is -4.39. The third-order valence-electron chi connectivity index (χ3n) is 2.05. The number of ether oxygens (including phenoxy) is 1. The molecule has 0 aliphatic rings. The highest BCUT2D eigenvalue weighted by Crippen LogP contribution is 2.25.